The highest BCUT2D eigenvalue weighted by Gasteiger charge is 2.24. The number of fused-ring (bicyclic) bond motifs is 1. The lowest BCUT2D eigenvalue weighted by Crippen LogP contribution is -2.12. The minimum atomic E-state index is -0.247. The van der Waals surface area contributed by atoms with Gasteiger partial charge in [-0.2, -0.15) is 10.5 Å². The zero-order chi connectivity index (χ0) is 28.8. The van der Waals surface area contributed by atoms with Gasteiger partial charge in [0.05, 0.1) is 44.2 Å². The molecule has 0 saturated heterocycles. The zero-order valence-corrected chi connectivity index (χ0v) is 23.7. The van der Waals surface area contributed by atoms with Gasteiger partial charge in [0.25, 0.3) is 0 Å². The van der Waals surface area contributed by atoms with E-state index in [9.17, 15) is 15.3 Å². The van der Waals surface area contributed by atoms with E-state index >= 15 is 0 Å². The Hall–Kier alpha value is -4.72. The van der Waals surface area contributed by atoms with E-state index in [0.717, 1.165) is 10.2 Å². The number of nitrogens with zero attached hydrogens (tertiary/aromatic N) is 4. The minimum Gasteiger partial charge on any atom is -0.497 e. The number of benzene rings is 2. The number of carbonyl (C=O) groups excluding carboxylic acids is 1. The van der Waals surface area contributed by atoms with Crippen molar-refractivity contribution < 1.29 is 23.7 Å². The van der Waals surface area contributed by atoms with Crippen LogP contribution in [-0.2, 0) is 4.79 Å². The number of carbonyl (C=O) groups is 1. The molecule has 0 aliphatic carbocycles. The monoisotopic (exact) mass is 576 g/mol. The zero-order valence-electron chi connectivity index (χ0n) is 22.0. The van der Waals surface area contributed by atoms with Gasteiger partial charge in [0.15, 0.2) is 16.6 Å². The number of methoxy groups -OCH3 is 4. The van der Waals surface area contributed by atoms with Gasteiger partial charge in [-0.25, -0.2) is 9.97 Å². The number of nitrogen functional groups attached to an aromatic ring is 1. The van der Waals surface area contributed by atoms with Gasteiger partial charge in [-0.05, 0) is 35.9 Å². The highest BCUT2D eigenvalue weighted by atomic mass is 32.2. The number of amides is 1. The molecule has 0 bridgehead atoms. The third-order valence-electron chi connectivity index (χ3n) is 5.78. The van der Waals surface area contributed by atoms with E-state index in [1.807, 2.05) is 18.2 Å². The van der Waals surface area contributed by atoms with E-state index in [4.69, 9.17) is 24.7 Å². The van der Waals surface area contributed by atoms with Crippen molar-refractivity contribution in [2.24, 2.45) is 0 Å². The summed E-state index contributed by atoms with van der Waals surface area (Å²) in [5.41, 5.74) is 7.83. The summed E-state index contributed by atoms with van der Waals surface area (Å²) in [5, 5.41) is 23.5. The van der Waals surface area contributed by atoms with Gasteiger partial charge in [-0.15, -0.1) is 11.8 Å². The standard InChI is InChI=1S/C27H24N6O5S2/c1-35-15-5-6-18-21(11-15)40-27(31-18)32-22(34)7-8-39-26-17(13-29)23(16(12-28)25(30)33-26)14-9-19(36-2)24(38-4)20(10-14)37-3/h5-6,9-11H,7-8H2,1-4H3,(H2,30,33)(H,31,32,34). The molecule has 40 heavy (non-hydrogen) atoms. The SMILES string of the molecule is COc1ccc2nc(NC(=O)CCSc3nc(N)c(C#N)c(-c4cc(OC)c(OC)c(OC)c4)c3C#N)sc2c1. The van der Waals surface area contributed by atoms with Crippen molar-refractivity contribution in [3.05, 3.63) is 41.5 Å². The number of nitrogens with two attached hydrogens (primary N) is 1. The summed E-state index contributed by atoms with van der Waals surface area (Å²) in [6.45, 7) is 0. The van der Waals surface area contributed by atoms with Crippen LogP contribution in [0.1, 0.15) is 17.5 Å². The van der Waals surface area contributed by atoms with Gasteiger partial charge >= 0.3 is 0 Å². The fourth-order valence-electron chi connectivity index (χ4n) is 3.92. The summed E-state index contributed by atoms with van der Waals surface area (Å²) in [4.78, 5) is 21.4. The third-order valence-corrected chi connectivity index (χ3v) is 7.69. The Kier molecular flexibility index (Phi) is 8.79. The number of aromatic nitrogens is 2. The molecule has 0 saturated carbocycles. The first kappa shape index (κ1) is 28.3. The van der Waals surface area contributed by atoms with Crippen LogP contribution in [-0.4, -0.2) is 50.1 Å². The van der Waals surface area contributed by atoms with Gasteiger partial charge in [0.1, 0.15) is 34.3 Å². The molecule has 0 aliphatic rings. The summed E-state index contributed by atoms with van der Waals surface area (Å²) >= 11 is 2.53. The van der Waals surface area contributed by atoms with E-state index in [1.165, 1.54) is 44.4 Å². The van der Waals surface area contributed by atoms with Crippen molar-refractivity contribution in [1.82, 2.24) is 9.97 Å². The average molecular weight is 577 g/mol. The first-order chi connectivity index (χ1) is 19.4. The van der Waals surface area contributed by atoms with Crippen molar-refractivity contribution >= 4 is 50.2 Å². The van der Waals surface area contributed by atoms with Gasteiger partial charge < -0.3 is 30.0 Å². The Morgan fingerprint density at radius 3 is 2.30 bits per heavy atom. The van der Waals surface area contributed by atoms with Gasteiger partial charge in [-0.1, -0.05) is 11.3 Å². The van der Waals surface area contributed by atoms with Crippen LogP contribution in [0.5, 0.6) is 23.0 Å². The van der Waals surface area contributed by atoms with E-state index < -0.39 is 0 Å². The average Bonchev–Trinajstić information content (AvgIpc) is 3.37. The van der Waals surface area contributed by atoms with Crippen molar-refractivity contribution in [2.45, 2.75) is 11.4 Å². The topological polar surface area (TPSA) is 165 Å². The second kappa shape index (κ2) is 12.4. The molecule has 0 fully saturated rings. The molecule has 2 aromatic carbocycles. The Morgan fingerprint density at radius 1 is 1.00 bits per heavy atom. The number of thioether (sulfide) groups is 1. The molecule has 0 spiro atoms. The van der Waals surface area contributed by atoms with E-state index in [2.05, 4.69) is 21.4 Å². The number of hydrogen-bond donors (Lipinski definition) is 2. The fraction of sp³-hybridized carbons (Fsp3) is 0.222. The second-order valence-corrected chi connectivity index (χ2v) is 10.2. The number of anilines is 2. The van der Waals surface area contributed by atoms with Crippen LogP contribution in [0, 0.1) is 22.7 Å². The van der Waals surface area contributed by atoms with Gasteiger partial charge in [0.2, 0.25) is 11.7 Å². The van der Waals surface area contributed by atoms with Crippen molar-refractivity contribution in [3.8, 4) is 46.3 Å². The number of pyridine rings is 1. The maximum Gasteiger partial charge on any atom is 0.226 e. The fourth-order valence-corrected chi connectivity index (χ4v) is 5.77. The lowest BCUT2D eigenvalue weighted by Gasteiger charge is -2.17. The van der Waals surface area contributed by atoms with Crippen LogP contribution in [0.25, 0.3) is 21.3 Å². The number of hydrogen-bond acceptors (Lipinski definition) is 12. The number of rotatable bonds is 10. The van der Waals surface area contributed by atoms with Crippen LogP contribution in [0.2, 0.25) is 0 Å². The molecule has 11 nitrogen and oxygen atoms in total. The predicted molar refractivity (Wildman–Crippen MR) is 153 cm³/mol. The van der Waals surface area contributed by atoms with Crippen LogP contribution in [0.15, 0.2) is 35.4 Å². The summed E-state index contributed by atoms with van der Waals surface area (Å²) < 4.78 is 22.4. The van der Waals surface area contributed by atoms with E-state index in [0.29, 0.717) is 44.5 Å². The molecular formula is C27H24N6O5S2. The maximum atomic E-state index is 12.6. The molecule has 204 valence electrons. The Balaban J connectivity index is 1.58. The summed E-state index contributed by atoms with van der Waals surface area (Å²) in [5.74, 6) is 1.77. The predicted octanol–water partition coefficient (Wildman–Crippen LogP) is 4.84. The molecule has 0 atom stereocenters. The quantitative estimate of drug-likeness (QED) is 0.248. The summed E-state index contributed by atoms with van der Waals surface area (Å²) in [6, 6.07) is 12.9. The first-order valence-corrected chi connectivity index (χ1v) is 13.5. The van der Waals surface area contributed by atoms with Crippen LogP contribution in [0.4, 0.5) is 10.9 Å². The Bertz CT molecular complexity index is 1650. The molecule has 1 amide bonds. The summed E-state index contributed by atoms with van der Waals surface area (Å²) in [7, 11) is 6.00. The van der Waals surface area contributed by atoms with Crippen LogP contribution in [0.3, 0.4) is 0 Å². The molecule has 2 aromatic heterocycles. The van der Waals surface area contributed by atoms with Crippen molar-refractivity contribution in [3.63, 3.8) is 0 Å². The summed E-state index contributed by atoms with van der Waals surface area (Å²) in [6.07, 6.45) is 0.121. The first-order valence-electron chi connectivity index (χ1n) is 11.7. The molecule has 0 radical (unpaired) electrons. The van der Waals surface area contributed by atoms with Crippen molar-refractivity contribution in [2.75, 3.05) is 45.2 Å². The minimum absolute atomic E-state index is 0.0397. The Labute approximate surface area is 238 Å². The molecule has 2 heterocycles. The number of nitrogens with one attached hydrogen (secondary N) is 1. The van der Waals surface area contributed by atoms with E-state index in [1.54, 1.807) is 25.3 Å². The van der Waals surface area contributed by atoms with Gasteiger partial charge in [-0.3, -0.25) is 4.79 Å². The maximum absolute atomic E-state index is 12.6. The second-order valence-electron chi connectivity index (χ2n) is 8.06. The molecule has 0 aliphatic heterocycles. The van der Waals surface area contributed by atoms with E-state index in [-0.39, 0.29) is 34.8 Å². The molecule has 4 rings (SSSR count). The third kappa shape index (κ3) is 5.66. The lowest BCUT2D eigenvalue weighted by atomic mass is 9.96. The highest BCUT2D eigenvalue weighted by Crippen LogP contribution is 2.44. The van der Waals surface area contributed by atoms with Crippen LogP contribution >= 0.6 is 23.1 Å². The largest absolute Gasteiger partial charge is 0.497 e. The molecule has 13 heteroatoms. The lowest BCUT2D eigenvalue weighted by molar-refractivity contribution is -0.115. The molecule has 4 aromatic rings. The normalized spacial score (nSPS) is 10.4. The van der Waals surface area contributed by atoms with Crippen molar-refractivity contribution in [1.29, 1.82) is 10.5 Å². The number of thiazole rings is 1. The number of ether oxygens (including phenoxy) is 4. The number of nitriles is 2. The Morgan fingerprint density at radius 2 is 1.70 bits per heavy atom. The van der Waals surface area contributed by atoms with Gasteiger partial charge in [0, 0.05) is 17.7 Å². The van der Waals surface area contributed by atoms with Crippen LogP contribution < -0.4 is 30.0 Å². The highest BCUT2D eigenvalue weighted by molar-refractivity contribution is 7.99. The smallest absolute Gasteiger partial charge is 0.226 e. The molecule has 0 unspecified atom stereocenters. The molecular weight excluding hydrogens is 552 g/mol. The molecule has 3 N–H and O–H groups in total.